The summed E-state index contributed by atoms with van der Waals surface area (Å²) in [7, 11) is 1.38. The van der Waals surface area contributed by atoms with Crippen molar-refractivity contribution in [1.82, 2.24) is 0 Å². The molecule has 2 heterocycles. The van der Waals surface area contributed by atoms with Gasteiger partial charge in [0.25, 0.3) is 0 Å². The molecule has 1 aromatic carbocycles. The number of halogens is 2. The summed E-state index contributed by atoms with van der Waals surface area (Å²) >= 11 is 0. The Morgan fingerprint density at radius 2 is 0.958 bits per heavy atom. The Morgan fingerprint density at radius 1 is 0.625 bits per heavy atom. The molecule has 24 heavy (non-hydrogen) atoms. The van der Waals surface area contributed by atoms with Crippen molar-refractivity contribution in [2.24, 2.45) is 0 Å². The van der Waals surface area contributed by atoms with Crippen molar-refractivity contribution in [2.75, 3.05) is 34.5 Å². The molecular formula is C20H28Cl2S2. The maximum atomic E-state index is 2.39. The molecule has 0 aliphatic carbocycles. The molecule has 0 saturated carbocycles. The Hall–Kier alpha value is -0.0200. The van der Waals surface area contributed by atoms with Gasteiger partial charge in [0, 0.05) is 0 Å². The second kappa shape index (κ2) is 12.4. The van der Waals surface area contributed by atoms with Crippen LogP contribution in [0.15, 0.2) is 36.4 Å². The highest BCUT2D eigenvalue weighted by molar-refractivity contribution is 7.97. The van der Waals surface area contributed by atoms with Gasteiger partial charge < -0.3 is 24.8 Å². The first-order valence-corrected chi connectivity index (χ1v) is 12.1. The summed E-state index contributed by atoms with van der Waals surface area (Å²) in [5.74, 6) is 8.46. The van der Waals surface area contributed by atoms with Crippen molar-refractivity contribution >= 4 is 33.9 Å². The summed E-state index contributed by atoms with van der Waals surface area (Å²) in [6.07, 6.45) is 15.2. The molecule has 0 nitrogen and oxygen atoms in total. The minimum Gasteiger partial charge on any atom is -1.00 e. The summed E-state index contributed by atoms with van der Waals surface area (Å²) in [6, 6.07) is 9.02. The van der Waals surface area contributed by atoms with Crippen molar-refractivity contribution in [2.45, 2.75) is 25.7 Å². The zero-order valence-electron chi connectivity index (χ0n) is 14.3. The van der Waals surface area contributed by atoms with Gasteiger partial charge in [0.05, 0.1) is 0 Å². The average Bonchev–Trinajstić information content (AvgIpc) is 3.22. The lowest BCUT2D eigenvalue weighted by Crippen LogP contribution is -3.00. The summed E-state index contributed by atoms with van der Waals surface area (Å²) in [4.78, 5) is 0. The Bertz CT molecular complexity index is 452. The van der Waals surface area contributed by atoms with Crippen LogP contribution in [-0.4, -0.2) is 34.5 Å². The van der Waals surface area contributed by atoms with E-state index in [2.05, 4.69) is 48.6 Å². The SMILES string of the molecule is C(=C\c1ccc(/C=C/C[S+]2CCCC2)cc1)/C[S+]1CCCC1.[Cl-].[Cl-]. The van der Waals surface area contributed by atoms with Crippen LogP contribution in [0.4, 0.5) is 0 Å². The van der Waals surface area contributed by atoms with E-state index in [1.807, 2.05) is 0 Å². The van der Waals surface area contributed by atoms with Crippen molar-refractivity contribution in [3.8, 4) is 0 Å². The van der Waals surface area contributed by atoms with Gasteiger partial charge in [-0.15, -0.1) is 0 Å². The average molecular weight is 403 g/mol. The van der Waals surface area contributed by atoms with Crippen molar-refractivity contribution in [3.05, 3.63) is 47.5 Å². The van der Waals surface area contributed by atoms with Crippen molar-refractivity contribution in [3.63, 3.8) is 0 Å². The van der Waals surface area contributed by atoms with Gasteiger partial charge in [-0.05, 0) is 70.8 Å². The molecule has 3 rings (SSSR count). The Balaban J connectivity index is 0.00000144. The van der Waals surface area contributed by atoms with E-state index in [9.17, 15) is 0 Å². The van der Waals surface area contributed by atoms with Crippen LogP contribution in [0.5, 0.6) is 0 Å². The molecule has 0 amide bonds. The van der Waals surface area contributed by atoms with E-state index in [1.54, 1.807) is 0 Å². The van der Waals surface area contributed by atoms with E-state index < -0.39 is 0 Å². The first-order chi connectivity index (χ1) is 10.9. The van der Waals surface area contributed by atoms with Gasteiger partial charge in [-0.2, -0.15) is 0 Å². The second-order valence-corrected chi connectivity index (χ2v) is 11.0. The predicted octanol–water partition coefficient (Wildman–Crippen LogP) is -1.45. The Kier molecular flexibility index (Phi) is 11.3. The third-order valence-electron chi connectivity index (χ3n) is 4.45. The third kappa shape index (κ3) is 7.47. The molecule has 0 radical (unpaired) electrons. The van der Waals surface area contributed by atoms with Crippen LogP contribution in [0.25, 0.3) is 12.2 Å². The van der Waals surface area contributed by atoms with E-state index in [0.717, 1.165) is 0 Å². The number of hydrogen-bond donors (Lipinski definition) is 0. The molecule has 0 bridgehead atoms. The van der Waals surface area contributed by atoms with Crippen LogP contribution in [-0.2, 0) is 21.8 Å². The molecule has 4 heteroatoms. The fourth-order valence-electron chi connectivity index (χ4n) is 3.12. The van der Waals surface area contributed by atoms with Gasteiger partial charge in [-0.3, -0.25) is 0 Å². The fraction of sp³-hybridized carbons (Fsp3) is 0.500. The summed E-state index contributed by atoms with van der Waals surface area (Å²) in [5, 5.41) is 0. The van der Waals surface area contributed by atoms with Crippen LogP contribution in [0.1, 0.15) is 36.8 Å². The molecule has 2 aliphatic rings. The topological polar surface area (TPSA) is 0 Å². The van der Waals surface area contributed by atoms with E-state index in [-0.39, 0.29) is 24.8 Å². The fourth-order valence-corrected chi connectivity index (χ4v) is 7.38. The molecule has 2 saturated heterocycles. The van der Waals surface area contributed by atoms with Crippen molar-refractivity contribution < 1.29 is 24.8 Å². The van der Waals surface area contributed by atoms with E-state index in [0.29, 0.717) is 21.8 Å². The summed E-state index contributed by atoms with van der Waals surface area (Å²) in [6.45, 7) is 0. The molecule has 1 aromatic rings. The normalized spacial score (nSPS) is 19.0. The first-order valence-electron chi connectivity index (χ1n) is 8.61. The van der Waals surface area contributed by atoms with Gasteiger partial charge in [0.1, 0.15) is 34.5 Å². The molecule has 0 N–H and O–H groups in total. The first kappa shape index (κ1) is 22.0. The maximum Gasteiger partial charge on any atom is 0.126 e. The highest BCUT2D eigenvalue weighted by Gasteiger charge is 2.22. The Morgan fingerprint density at radius 3 is 1.29 bits per heavy atom. The third-order valence-corrected chi connectivity index (χ3v) is 9.24. The smallest absolute Gasteiger partial charge is 0.126 e. The lowest BCUT2D eigenvalue weighted by molar-refractivity contribution is -0.001000. The quantitative estimate of drug-likeness (QED) is 0.510. The van der Waals surface area contributed by atoms with E-state index in [4.69, 9.17) is 0 Å². The van der Waals surface area contributed by atoms with E-state index in [1.165, 1.54) is 71.3 Å². The maximum absolute atomic E-state index is 2.39. The molecule has 134 valence electrons. The van der Waals surface area contributed by atoms with Crippen LogP contribution < -0.4 is 24.8 Å². The van der Waals surface area contributed by atoms with Crippen LogP contribution in [0.2, 0.25) is 0 Å². The largest absolute Gasteiger partial charge is 1.00 e. The standard InChI is InChI=1S/C20H28S2.2ClH/c1-2-14-21(13-1)17-5-7-19-9-11-20(12-10-19)8-6-18-22-15-3-4-16-22;;/h5-12H,1-4,13-18H2;2*1H/q+2;;/p-2/b7-5+,8-6+;;. The minimum absolute atomic E-state index is 0. The van der Waals surface area contributed by atoms with Gasteiger partial charge >= 0.3 is 0 Å². The molecule has 0 aromatic heterocycles. The van der Waals surface area contributed by atoms with Gasteiger partial charge in [0.2, 0.25) is 0 Å². The molecular weight excluding hydrogens is 375 g/mol. The van der Waals surface area contributed by atoms with Gasteiger partial charge in [0.15, 0.2) is 0 Å². The van der Waals surface area contributed by atoms with Gasteiger partial charge in [-0.25, -0.2) is 0 Å². The minimum atomic E-state index is 0. The summed E-state index contributed by atoms with van der Waals surface area (Å²) in [5.41, 5.74) is 2.69. The highest BCUT2D eigenvalue weighted by atomic mass is 35.5. The zero-order chi connectivity index (χ0) is 15.0. The second-order valence-electron chi connectivity index (χ2n) is 6.26. The van der Waals surface area contributed by atoms with Crippen LogP contribution in [0, 0.1) is 0 Å². The number of hydrogen-bond acceptors (Lipinski definition) is 0. The van der Waals surface area contributed by atoms with Crippen LogP contribution >= 0.6 is 0 Å². The molecule has 0 atom stereocenters. The summed E-state index contributed by atoms with van der Waals surface area (Å²) < 4.78 is 0. The predicted molar refractivity (Wildman–Crippen MR) is 107 cm³/mol. The lowest BCUT2D eigenvalue weighted by Gasteiger charge is -1.98. The van der Waals surface area contributed by atoms with E-state index >= 15 is 0 Å². The van der Waals surface area contributed by atoms with Crippen molar-refractivity contribution in [1.29, 1.82) is 0 Å². The molecule has 0 unspecified atom stereocenters. The number of benzene rings is 1. The Labute approximate surface area is 166 Å². The molecule has 0 spiro atoms. The molecule has 2 fully saturated rings. The lowest BCUT2D eigenvalue weighted by atomic mass is 10.1. The molecule has 2 aliphatic heterocycles. The highest BCUT2D eigenvalue weighted by Crippen LogP contribution is 2.16. The van der Waals surface area contributed by atoms with Crippen LogP contribution in [0.3, 0.4) is 0 Å². The monoisotopic (exact) mass is 402 g/mol. The number of rotatable bonds is 6. The zero-order valence-corrected chi connectivity index (χ0v) is 17.4. The van der Waals surface area contributed by atoms with Gasteiger partial charge in [-0.1, -0.05) is 36.4 Å².